The summed E-state index contributed by atoms with van der Waals surface area (Å²) in [4.78, 5) is 16.2. The molecule has 0 spiro atoms. The lowest BCUT2D eigenvalue weighted by Gasteiger charge is -2.00. The normalized spacial score (nSPS) is 11.4. The first-order valence-corrected chi connectivity index (χ1v) is 5.76. The van der Waals surface area contributed by atoms with Gasteiger partial charge in [0.05, 0.1) is 11.0 Å². The lowest BCUT2D eigenvalue weighted by molar-refractivity contribution is 0.798. The van der Waals surface area contributed by atoms with Gasteiger partial charge in [0.25, 0.3) is 5.56 Å². The van der Waals surface area contributed by atoms with Gasteiger partial charge in [-0.2, -0.15) is 0 Å². The Kier molecular flexibility index (Phi) is 2.19. The topological polar surface area (TPSA) is 39.3 Å². The number of benzene rings is 1. The summed E-state index contributed by atoms with van der Waals surface area (Å²) in [6.07, 6.45) is 0. The number of aryl methyl sites for hydroxylation is 1. The summed E-state index contributed by atoms with van der Waals surface area (Å²) in [6.45, 7) is 2.75. The molecule has 0 aliphatic rings. The average molecular weight is 248 g/mol. The van der Waals surface area contributed by atoms with E-state index in [1.165, 1.54) is 6.07 Å². The maximum absolute atomic E-state index is 12.0. The van der Waals surface area contributed by atoms with Crippen molar-refractivity contribution in [3.05, 3.63) is 45.8 Å². The second kappa shape index (κ2) is 3.60. The monoisotopic (exact) mass is 247 g/mol. The molecule has 2 heterocycles. The number of para-hydroxylation sites is 2. The predicted octanol–water partition coefficient (Wildman–Crippen LogP) is 2.32. The Morgan fingerprint density at radius 2 is 2.00 bits per heavy atom. The molecule has 0 bridgehead atoms. The highest BCUT2D eigenvalue weighted by atomic mass is 35.5. The van der Waals surface area contributed by atoms with Crippen LogP contribution >= 0.6 is 11.6 Å². The molecule has 0 amide bonds. The van der Waals surface area contributed by atoms with Gasteiger partial charge in [-0.3, -0.25) is 4.79 Å². The molecule has 0 fully saturated rings. The number of imidazole rings is 1. The summed E-state index contributed by atoms with van der Waals surface area (Å²) in [7, 11) is 0. The van der Waals surface area contributed by atoms with Gasteiger partial charge in [0.15, 0.2) is 0 Å². The smallest absolute Gasteiger partial charge is 0.261 e. The molecule has 0 N–H and O–H groups in total. The van der Waals surface area contributed by atoms with Gasteiger partial charge in [-0.25, -0.2) is 9.38 Å². The van der Waals surface area contributed by atoms with Crippen molar-refractivity contribution in [1.29, 1.82) is 0 Å². The van der Waals surface area contributed by atoms with Crippen molar-refractivity contribution in [1.82, 2.24) is 14.0 Å². The first-order chi connectivity index (χ1) is 8.22. The number of nitrogens with zero attached hydrogens (tertiary/aromatic N) is 3. The molecule has 0 aliphatic heterocycles. The first-order valence-electron chi connectivity index (χ1n) is 5.39. The quantitative estimate of drug-likeness (QED) is 0.619. The van der Waals surface area contributed by atoms with Gasteiger partial charge in [-0.15, -0.1) is 0 Å². The third kappa shape index (κ3) is 1.37. The minimum Gasteiger partial charge on any atom is -0.310 e. The fourth-order valence-electron chi connectivity index (χ4n) is 2.15. The van der Waals surface area contributed by atoms with Crippen LogP contribution in [0.5, 0.6) is 0 Å². The summed E-state index contributed by atoms with van der Waals surface area (Å²) in [5, 5.41) is 0.229. The van der Waals surface area contributed by atoms with Gasteiger partial charge >= 0.3 is 0 Å². The van der Waals surface area contributed by atoms with Crippen LogP contribution in [-0.4, -0.2) is 14.0 Å². The van der Waals surface area contributed by atoms with Crippen LogP contribution in [0.4, 0.5) is 0 Å². The van der Waals surface area contributed by atoms with E-state index in [4.69, 9.17) is 11.6 Å². The largest absolute Gasteiger partial charge is 0.310 e. The molecule has 17 heavy (non-hydrogen) atoms. The molecule has 0 saturated heterocycles. The highest BCUT2D eigenvalue weighted by Crippen LogP contribution is 2.18. The predicted molar refractivity (Wildman–Crippen MR) is 67.6 cm³/mol. The zero-order valence-electron chi connectivity index (χ0n) is 9.22. The molecule has 2 aromatic heterocycles. The second-order valence-corrected chi connectivity index (χ2v) is 4.17. The molecule has 0 unspecified atom stereocenters. The van der Waals surface area contributed by atoms with Crippen molar-refractivity contribution in [2.24, 2.45) is 0 Å². The minimum atomic E-state index is -0.150. The van der Waals surface area contributed by atoms with Crippen LogP contribution in [0, 0.1) is 0 Å². The Hall–Kier alpha value is -1.81. The standard InChI is InChI=1S/C12H10ClN3O/c1-2-15-8-5-3-4-6-9(8)16-11(17)7-10(13)14-12(15)16/h3-7H,2H2,1H3. The number of hydrogen-bond acceptors (Lipinski definition) is 2. The zero-order valence-corrected chi connectivity index (χ0v) is 9.98. The van der Waals surface area contributed by atoms with Gasteiger partial charge < -0.3 is 4.57 Å². The van der Waals surface area contributed by atoms with Crippen molar-refractivity contribution in [3.8, 4) is 0 Å². The van der Waals surface area contributed by atoms with Crippen LogP contribution in [0.1, 0.15) is 6.92 Å². The van der Waals surface area contributed by atoms with Crippen molar-refractivity contribution in [2.75, 3.05) is 0 Å². The fraction of sp³-hybridized carbons (Fsp3) is 0.167. The van der Waals surface area contributed by atoms with Crippen LogP contribution in [0.3, 0.4) is 0 Å². The molecule has 3 aromatic rings. The number of aromatic nitrogens is 3. The van der Waals surface area contributed by atoms with Crippen LogP contribution in [0.25, 0.3) is 16.8 Å². The van der Waals surface area contributed by atoms with Crippen molar-refractivity contribution >= 4 is 28.4 Å². The van der Waals surface area contributed by atoms with E-state index >= 15 is 0 Å². The molecule has 1 aromatic carbocycles. The molecule has 0 saturated carbocycles. The summed E-state index contributed by atoms with van der Waals surface area (Å²) in [5.41, 5.74) is 1.70. The number of rotatable bonds is 1. The third-order valence-corrected chi connectivity index (χ3v) is 3.03. The maximum Gasteiger partial charge on any atom is 0.261 e. The Bertz CT molecular complexity index is 772. The maximum atomic E-state index is 12.0. The average Bonchev–Trinajstić information content (AvgIpc) is 2.62. The highest BCUT2D eigenvalue weighted by Gasteiger charge is 2.12. The molecule has 0 atom stereocenters. The van der Waals surface area contributed by atoms with E-state index in [-0.39, 0.29) is 10.7 Å². The second-order valence-electron chi connectivity index (χ2n) is 3.79. The SMILES string of the molecule is CCn1c2ccccc2n2c(=O)cc(Cl)nc12. The van der Waals surface area contributed by atoms with Gasteiger partial charge in [-0.05, 0) is 19.1 Å². The highest BCUT2D eigenvalue weighted by molar-refractivity contribution is 6.29. The Balaban J connectivity index is 2.68. The Morgan fingerprint density at radius 1 is 1.29 bits per heavy atom. The summed E-state index contributed by atoms with van der Waals surface area (Å²) < 4.78 is 3.56. The van der Waals surface area contributed by atoms with E-state index in [2.05, 4.69) is 4.98 Å². The van der Waals surface area contributed by atoms with Crippen molar-refractivity contribution in [3.63, 3.8) is 0 Å². The third-order valence-electron chi connectivity index (χ3n) is 2.84. The fourth-order valence-corrected chi connectivity index (χ4v) is 2.32. The molecule has 86 valence electrons. The Morgan fingerprint density at radius 3 is 2.71 bits per heavy atom. The van der Waals surface area contributed by atoms with Crippen LogP contribution in [0.15, 0.2) is 35.1 Å². The van der Waals surface area contributed by atoms with E-state index in [1.54, 1.807) is 4.40 Å². The number of fused-ring (bicyclic) bond motifs is 3. The van der Waals surface area contributed by atoms with Crippen LogP contribution in [-0.2, 0) is 6.54 Å². The van der Waals surface area contributed by atoms with E-state index in [1.807, 2.05) is 35.8 Å². The molecular weight excluding hydrogens is 238 g/mol. The Labute approximate surface area is 102 Å². The van der Waals surface area contributed by atoms with Gasteiger partial charge in [0.2, 0.25) is 5.78 Å². The van der Waals surface area contributed by atoms with Gasteiger partial charge in [0.1, 0.15) is 5.15 Å². The summed E-state index contributed by atoms with van der Waals surface area (Å²) >= 11 is 5.84. The number of hydrogen-bond donors (Lipinski definition) is 0. The zero-order chi connectivity index (χ0) is 12.0. The first kappa shape index (κ1) is 10.4. The van der Waals surface area contributed by atoms with Crippen molar-refractivity contribution in [2.45, 2.75) is 13.5 Å². The molecule has 5 heteroatoms. The van der Waals surface area contributed by atoms with E-state index in [0.717, 1.165) is 17.6 Å². The molecular formula is C12H10ClN3O. The van der Waals surface area contributed by atoms with Crippen LogP contribution < -0.4 is 5.56 Å². The van der Waals surface area contributed by atoms with Crippen molar-refractivity contribution < 1.29 is 0 Å². The number of halogens is 1. The van der Waals surface area contributed by atoms with Crippen LogP contribution in [0.2, 0.25) is 5.15 Å². The van der Waals surface area contributed by atoms with Gasteiger partial charge in [-0.1, -0.05) is 23.7 Å². The van der Waals surface area contributed by atoms with E-state index in [0.29, 0.717) is 5.78 Å². The summed E-state index contributed by atoms with van der Waals surface area (Å²) in [6, 6.07) is 9.07. The molecule has 0 aliphatic carbocycles. The summed E-state index contributed by atoms with van der Waals surface area (Å²) in [5.74, 6) is 0.589. The van der Waals surface area contributed by atoms with E-state index in [9.17, 15) is 4.79 Å². The van der Waals surface area contributed by atoms with Gasteiger partial charge in [0, 0.05) is 12.6 Å². The van der Waals surface area contributed by atoms with E-state index < -0.39 is 0 Å². The molecule has 4 nitrogen and oxygen atoms in total. The molecule has 3 rings (SSSR count). The lowest BCUT2D eigenvalue weighted by atomic mass is 10.3. The minimum absolute atomic E-state index is 0.150. The molecule has 0 radical (unpaired) electrons. The lowest BCUT2D eigenvalue weighted by Crippen LogP contribution is -2.13.